The van der Waals surface area contributed by atoms with E-state index in [1.54, 1.807) is 0 Å². The molecule has 0 aromatic rings. The fourth-order valence-corrected chi connectivity index (χ4v) is 0.139. The second kappa shape index (κ2) is 2.79. The molecule has 0 saturated heterocycles. The second-order valence-corrected chi connectivity index (χ2v) is 0.991. The first-order chi connectivity index (χ1) is 3.63. The highest BCUT2D eigenvalue weighted by Crippen LogP contribution is 1.67. The zero-order chi connectivity index (χ0) is 6.57. The SMILES string of the molecule is O=C([O-])/C=C\C(=O)O. The van der Waals surface area contributed by atoms with Crippen molar-refractivity contribution in [3.63, 3.8) is 0 Å². The first kappa shape index (κ1) is 6.68. The molecule has 0 unspecified atom stereocenters. The summed E-state index contributed by atoms with van der Waals surface area (Å²) >= 11 is 0. The van der Waals surface area contributed by atoms with Gasteiger partial charge in [0.2, 0.25) is 0 Å². The Balaban J connectivity index is 3.67. The van der Waals surface area contributed by atoms with Gasteiger partial charge < -0.3 is 15.0 Å². The number of rotatable bonds is 2. The smallest absolute Gasteiger partial charge is 0.328 e. The molecule has 0 atom stereocenters. The standard InChI is InChI=1S/C4H4O4/c5-3(6)1-2-4(7)8/h1-2H,(H,5,6)(H,7,8)/p-1/b2-1-. The van der Waals surface area contributed by atoms with E-state index < -0.39 is 11.9 Å². The van der Waals surface area contributed by atoms with Crippen LogP contribution in [0.3, 0.4) is 0 Å². The van der Waals surface area contributed by atoms with Crippen molar-refractivity contribution in [3.8, 4) is 0 Å². The fraction of sp³-hybridized carbons (Fsp3) is 0. The molecule has 0 bridgehead atoms. The highest BCUT2D eigenvalue weighted by Gasteiger charge is 1.81. The van der Waals surface area contributed by atoms with E-state index in [0.29, 0.717) is 12.2 Å². The van der Waals surface area contributed by atoms with Crippen LogP contribution in [-0.4, -0.2) is 17.0 Å². The van der Waals surface area contributed by atoms with E-state index in [0.717, 1.165) is 0 Å². The Labute approximate surface area is 45.1 Å². The molecule has 0 aliphatic heterocycles. The third-order valence-corrected chi connectivity index (χ3v) is 0.362. The highest BCUT2D eigenvalue weighted by atomic mass is 16.4. The van der Waals surface area contributed by atoms with Gasteiger partial charge in [0, 0.05) is 6.08 Å². The summed E-state index contributed by atoms with van der Waals surface area (Å²) in [7, 11) is 0. The Morgan fingerprint density at radius 1 is 1.38 bits per heavy atom. The number of carboxylic acid groups (broad SMARTS) is 2. The molecule has 44 valence electrons. The van der Waals surface area contributed by atoms with Crippen LogP contribution in [0, 0.1) is 0 Å². The maximum absolute atomic E-state index is 9.53. The first-order valence-electron chi connectivity index (χ1n) is 1.75. The number of carbonyl (C=O) groups is 2. The quantitative estimate of drug-likeness (QED) is 0.438. The summed E-state index contributed by atoms with van der Waals surface area (Å²) in [6, 6.07) is 0. The van der Waals surface area contributed by atoms with Crippen molar-refractivity contribution >= 4 is 11.9 Å². The van der Waals surface area contributed by atoms with Gasteiger partial charge in [0.05, 0.1) is 5.97 Å². The Hall–Kier alpha value is -1.32. The molecular weight excluding hydrogens is 112 g/mol. The summed E-state index contributed by atoms with van der Waals surface area (Å²) in [6.07, 6.45) is 0.942. The normalized spacial score (nSPS) is 9.50. The zero-order valence-electron chi connectivity index (χ0n) is 3.83. The largest absolute Gasteiger partial charge is 0.545 e. The van der Waals surface area contributed by atoms with Crippen LogP contribution in [0.15, 0.2) is 12.2 Å². The van der Waals surface area contributed by atoms with Crippen molar-refractivity contribution in [2.24, 2.45) is 0 Å². The van der Waals surface area contributed by atoms with Crippen LogP contribution in [0.2, 0.25) is 0 Å². The first-order valence-corrected chi connectivity index (χ1v) is 1.75. The van der Waals surface area contributed by atoms with Crippen LogP contribution in [0.25, 0.3) is 0 Å². The molecule has 1 N–H and O–H groups in total. The van der Waals surface area contributed by atoms with Crippen LogP contribution < -0.4 is 5.11 Å². The van der Waals surface area contributed by atoms with E-state index in [2.05, 4.69) is 0 Å². The molecule has 0 saturated carbocycles. The average Bonchev–Trinajstić information content (AvgIpc) is 1.61. The summed E-state index contributed by atoms with van der Waals surface area (Å²) < 4.78 is 0. The molecule has 0 aliphatic carbocycles. The Bertz CT molecular complexity index is 119. The number of carbonyl (C=O) groups excluding carboxylic acids is 1. The number of carboxylic acids is 2. The molecule has 0 heterocycles. The van der Waals surface area contributed by atoms with E-state index in [9.17, 15) is 14.7 Å². The van der Waals surface area contributed by atoms with Gasteiger partial charge >= 0.3 is 5.97 Å². The highest BCUT2D eigenvalue weighted by molar-refractivity contribution is 5.88. The van der Waals surface area contributed by atoms with Gasteiger partial charge in [-0.15, -0.1) is 0 Å². The van der Waals surface area contributed by atoms with Gasteiger partial charge in [-0.05, 0) is 6.08 Å². The molecule has 4 nitrogen and oxygen atoms in total. The molecule has 0 radical (unpaired) electrons. The van der Waals surface area contributed by atoms with Crippen molar-refractivity contribution in [3.05, 3.63) is 12.2 Å². The monoisotopic (exact) mass is 115 g/mol. The Morgan fingerprint density at radius 2 is 1.88 bits per heavy atom. The lowest BCUT2D eigenvalue weighted by atomic mass is 10.5. The second-order valence-electron chi connectivity index (χ2n) is 0.991. The number of hydrogen-bond acceptors (Lipinski definition) is 3. The molecule has 4 heteroatoms. The Morgan fingerprint density at radius 3 is 2.00 bits per heavy atom. The topological polar surface area (TPSA) is 77.4 Å². The molecular formula is C4H3O4-. The predicted molar refractivity (Wildman–Crippen MR) is 21.8 cm³/mol. The Kier molecular flexibility index (Phi) is 2.33. The lowest BCUT2D eigenvalue weighted by Crippen LogP contribution is -2.19. The van der Waals surface area contributed by atoms with Crippen molar-refractivity contribution in [1.29, 1.82) is 0 Å². The molecule has 0 rings (SSSR count). The minimum absolute atomic E-state index is 0.447. The van der Waals surface area contributed by atoms with Crippen LogP contribution >= 0.6 is 0 Å². The lowest BCUT2D eigenvalue weighted by Gasteiger charge is -1.85. The molecule has 0 aromatic heterocycles. The molecule has 0 fully saturated rings. The number of hydrogen-bond donors (Lipinski definition) is 1. The maximum atomic E-state index is 9.53. The molecule has 8 heavy (non-hydrogen) atoms. The van der Waals surface area contributed by atoms with E-state index in [4.69, 9.17) is 5.11 Å². The molecule has 0 spiro atoms. The summed E-state index contributed by atoms with van der Waals surface area (Å²) in [5.74, 6) is -2.80. The van der Waals surface area contributed by atoms with Gasteiger partial charge in [0.15, 0.2) is 0 Å². The summed E-state index contributed by atoms with van der Waals surface area (Å²) in [4.78, 5) is 19.0. The van der Waals surface area contributed by atoms with Crippen LogP contribution in [0.5, 0.6) is 0 Å². The maximum Gasteiger partial charge on any atom is 0.328 e. The molecule has 0 amide bonds. The van der Waals surface area contributed by atoms with E-state index >= 15 is 0 Å². The summed E-state index contributed by atoms with van der Waals surface area (Å²) in [5.41, 5.74) is 0. The summed E-state index contributed by atoms with van der Waals surface area (Å²) in [6.45, 7) is 0. The fourth-order valence-electron chi connectivity index (χ4n) is 0.139. The number of aliphatic carboxylic acids is 2. The van der Waals surface area contributed by atoms with Gasteiger partial charge in [0.25, 0.3) is 0 Å². The van der Waals surface area contributed by atoms with Gasteiger partial charge in [0.1, 0.15) is 0 Å². The lowest BCUT2D eigenvalue weighted by molar-refractivity contribution is -0.297. The van der Waals surface area contributed by atoms with Crippen molar-refractivity contribution < 1.29 is 19.8 Å². The minimum atomic E-state index is -1.51. The van der Waals surface area contributed by atoms with Crippen LogP contribution in [0.4, 0.5) is 0 Å². The average molecular weight is 115 g/mol. The van der Waals surface area contributed by atoms with Crippen LogP contribution in [-0.2, 0) is 9.59 Å². The molecule has 0 aliphatic rings. The van der Waals surface area contributed by atoms with E-state index in [-0.39, 0.29) is 0 Å². The van der Waals surface area contributed by atoms with Gasteiger partial charge in [-0.2, -0.15) is 0 Å². The van der Waals surface area contributed by atoms with Crippen LogP contribution in [0.1, 0.15) is 0 Å². The third kappa shape index (κ3) is 4.68. The van der Waals surface area contributed by atoms with E-state index in [1.165, 1.54) is 0 Å². The zero-order valence-corrected chi connectivity index (χ0v) is 3.83. The molecule has 0 aromatic carbocycles. The minimum Gasteiger partial charge on any atom is -0.545 e. The van der Waals surface area contributed by atoms with Crippen molar-refractivity contribution in [2.75, 3.05) is 0 Å². The summed E-state index contributed by atoms with van der Waals surface area (Å²) in [5, 5.41) is 17.2. The van der Waals surface area contributed by atoms with Gasteiger partial charge in [-0.25, -0.2) is 4.79 Å². The van der Waals surface area contributed by atoms with E-state index in [1.807, 2.05) is 0 Å². The van der Waals surface area contributed by atoms with Gasteiger partial charge in [-0.3, -0.25) is 0 Å². The third-order valence-electron chi connectivity index (χ3n) is 0.362. The van der Waals surface area contributed by atoms with Crippen molar-refractivity contribution in [1.82, 2.24) is 0 Å². The predicted octanol–water partition coefficient (Wildman–Crippen LogP) is -1.62. The van der Waals surface area contributed by atoms with Crippen molar-refractivity contribution in [2.45, 2.75) is 0 Å². The van der Waals surface area contributed by atoms with Gasteiger partial charge in [-0.1, -0.05) is 0 Å².